The van der Waals surface area contributed by atoms with E-state index in [1.54, 1.807) is 12.1 Å². The van der Waals surface area contributed by atoms with Gasteiger partial charge in [0, 0.05) is 29.8 Å². The lowest BCUT2D eigenvalue weighted by atomic mass is 10.1. The summed E-state index contributed by atoms with van der Waals surface area (Å²) >= 11 is 1.49. The molecule has 0 fully saturated rings. The highest BCUT2D eigenvalue weighted by Crippen LogP contribution is 2.33. The lowest BCUT2D eigenvalue weighted by Crippen LogP contribution is -2.35. The molecule has 3 aromatic rings. The Bertz CT molecular complexity index is 923. The summed E-state index contributed by atoms with van der Waals surface area (Å²) in [4.78, 5) is 20.1. The third-order valence-corrected chi connectivity index (χ3v) is 5.77. The molecule has 0 saturated heterocycles. The number of aromatic nitrogens is 1. The second-order valence-electron chi connectivity index (χ2n) is 6.42. The molecule has 0 atom stereocenters. The predicted molar refractivity (Wildman–Crippen MR) is 101 cm³/mol. The van der Waals surface area contributed by atoms with Crippen LogP contribution in [0.2, 0.25) is 0 Å². The Morgan fingerprint density at radius 1 is 1.12 bits per heavy atom. The Labute approximate surface area is 156 Å². The molecule has 1 amide bonds. The van der Waals surface area contributed by atoms with E-state index in [4.69, 9.17) is 0 Å². The minimum atomic E-state index is -0.255. The third-order valence-electron chi connectivity index (χ3n) is 4.66. The average Bonchev–Trinajstić information content (AvgIpc) is 3.10. The van der Waals surface area contributed by atoms with Crippen molar-refractivity contribution in [2.75, 3.05) is 6.54 Å². The van der Waals surface area contributed by atoms with Gasteiger partial charge in [-0.1, -0.05) is 42.5 Å². The molecule has 132 valence electrons. The summed E-state index contributed by atoms with van der Waals surface area (Å²) in [6.07, 6.45) is 2.00. The van der Waals surface area contributed by atoms with Gasteiger partial charge >= 0.3 is 0 Å². The number of rotatable bonds is 4. The number of hydrogen-bond acceptors (Lipinski definition) is 3. The van der Waals surface area contributed by atoms with Gasteiger partial charge in [0.05, 0.1) is 12.2 Å². The smallest absolute Gasteiger partial charge is 0.223 e. The molecule has 0 aliphatic carbocycles. The number of fused-ring (bicyclic) bond motifs is 1. The lowest BCUT2D eigenvalue weighted by molar-refractivity contribution is -0.132. The third kappa shape index (κ3) is 3.53. The van der Waals surface area contributed by atoms with Gasteiger partial charge in [-0.25, -0.2) is 9.37 Å². The largest absolute Gasteiger partial charge is 0.337 e. The minimum Gasteiger partial charge on any atom is -0.337 e. The number of aryl methyl sites for hydroxylation is 1. The lowest BCUT2D eigenvalue weighted by Gasteiger charge is -2.26. The van der Waals surface area contributed by atoms with Gasteiger partial charge in [0.1, 0.15) is 10.8 Å². The number of amides is 1. The van der Waals surface area contributed by atoms with Gasteiger partial charge < -0.3 is 4.90 Å². The first-order chi connectivity index (χ1) is 12.7. The zero-order valence-electron chi connectivity index (χ0n) is 14.3. The molecule has 4 rings (SSSR count). The summed E-state index contributed by atoms with van der Waals surface area (Å²) in [6, 6.07) is 16.8. The number of benzene rings is 2. The van der Waals surface area contributed by atoms with Crippen LogP contribution in [0.25, 0.3) is 10.6 Å². The number of hydrogen-bond donors (Lipinski definition) is 0. The highest BCUT2D eigenvalue weighted by molar-refractivity contribution is 7.15. The van der Waals surface area contributed by atoms with E-state index in [9.17, 15) is 9.18 Å². The van der Waals surface area contributed by atoms with Crippen LogP contribution in [0.3, 0.4) is 0 Å². The zero-order valence-corrected chi connectivity index (χ0v) is 15.1. The van der Waals surface area contributed by atoms with E-state index in [1.165, 1.54) is 23.0 Å². The van der Waals surface area contributed by atoms with Crippen molar-refractivity contribution in [1.82, 2.24) is 9.88 Å². The molecular weight excluding hydrogens is 347 g/mol. The van der Waals surface area contributed by atoms with Gasteiger partial charge in [-0.05, 0) is 24.1 Å². The maximum Gasteiger partial charge on any atom is 0.223 e. The monoisotopic (exact) mass is 366 g/mol. The molecule has 5 heteroatoms. The average molecular weight is 366 g/mol. The van der Waals surface area contributed by atoms with Crippen molar-refractivity contribution < 1.29 is 9.18 Å². The maximum absolute atomic E-state index is 14.0. The van der Waals surface area contributed by atoms with Crippen LogP contribution in [0.15, 0.2) is 54.6 Å². The Balaban J connectivity index is 1.44. The van der Waals surface area contributed by atoms with Gasteiger partial charge in [0.25, 0.3) is 0 Å². The van der Waals surface area contributed by atoms with Crippen LogP contribution < -0.4 is 0 Å². The molecule has 2 heterocycles. The molecule has 1 aliphatic rings. The van der Waals surface area contributed by atoms with Crippen LogP contribution >= 0.6 is 11.3 Å². The standard InChI is InChI=1S/C21H19FN2OS/c22-17-9-5-4-8-16(17)21-23-18-12-13-24(14-19(18)26-21)20(25)11-10-15-6-2-1-3-7-15/h1-9H,10-14H2. The van der Waals surface area contributed by atoms with Crippen molar-refractivity contribution in [2.24, 2.45) is 0 Å². The second-order valence-corrected chi connectivity index (χ2v) is 7.50. The van der Waals surface area contributed by atoms with Crippen LogP contribution in [-0.4, -0.2) is 22.3 Å². The normalized spacial score (nSPS) is 13.5. The minimum absolute atomic E-state index is 0.167. The summed E-state index contributed by atoms with van der Waals surface area (Å²) < 4.78 is 14.0. The fourth-order valence-corrected chi connectivity index (χ4v) is 4.36. The SMILES string of the molecule is O=C(CCc1ccccc1)N1CCc2nc(-c3ccccc3F)sc2C1. The van der Waals surface area contributed by atoms with Crippen molar-refractivity contribution in [3.63, 3.8) is 0 Å². The highest BCUT2D eigenvalue weighted by Gasteiger charge is 2.24. The van der Waals surface area contributed by atoms with E-state index >= 15 is 0 Å². The Kier molecular flexibility index (Phi) is 4.80. The number of carbonyl (C=O) groups excluding carboxylic acids is 1. The van der Waals surface area contributed by atoms with Gasteiger partial charge in [0.2, 0.25) is 5.91 Å². The molecule has 2 aromatic carbocycles. The molecule has 0 spiro atoms. The first-order valence-electron chi connectivity index (χ1n) is 8.76. The van der Waals surface area contributed by atoms with Crippen LogP contribution in [0.4, 0.5) is 4.39 Å². The second kappa shape index (κ2) is 7.38. The molecule has 0 bridgehead atoms. The molecule has 0 N–H and O–H groups in total. The zero-order chi connectivity index (χ0) is 17.9. The van der Waals surface area contributed by atoms with Crippen LogP contribution in [0.1, 0.15) is 22.6 Å². The van der Waals surface area contributed by atoms with Gasteiger partial charge in [-0.2, -0.15) is 0 Å². The van der Waals surface area contributed by atoms with Crippen LogP contribution in [-0.2, 0) is 24.2 Å². The van der Waals surface area contributed by atoms with Crippen molar-refractivity contribution >= 4 is 17.2 Å². The molecule has 3 nitrogen and oxygen atoms in total. The van der Waals surface area contributed by atoms with Gasteiger partial charge in [-0.15, -0.1) is 11.3 Å². The first-order valence-corrected chi connectivity index (χ1v) is 9.57. The van der Waals surface area contributed by atoms with Crippen molar-refractivity contribution in [3.8, 4) is 10.6 Å². The van der Waals surface area contributed by atoms with Crippen molar-refractivity contribution in [1.29, 1.82) is 0 Å². The van der Waals surface area contributed by atoms with Crippen LogP contribution in [0, 0.1) is 5.82 Å². The number of carbonyl (C=O) groups is 1. The van der Waals surface area contributed by atoms with Gasteiger partial charge in [-0.3, -0.25) is 4.79 Å². The topological polar surface area (TPSA) is 33.2 Å². The quantitative estimate of drug-likeness (QED) is 0.683. The Morgan fingerprint density at radius 2 is 1.88 bits per heavy atom. The summed E-state index contributed by atoms with van der Waals surface area (Å²) in [5.41, 5.74) is 2.72. The van der Waals surface area contributed by atoms with Crippen LogP contribution in [0.5, 0.6) is 0 Å². The highest BCUT2D eigenvalue weighted by atomic mass is 32.1. The van der Waals surface area contributed by atoms with Crippen molar-refractivity contribution in [2.45, 2.75) is 25.8 Å². The van der Waals surface area contributed by atoms with Crippen molar-refractivity contribution in [3.05, 3.63) is 76.5 Å². The Morgan fingerprint density at radius 3 is 2.69 bits per heavy atom. The van der Waals surface area contributed by atoms with E-state index in [2.05, 4.69) is 4.98 Å². The molecule has 1 aliphatic heterocycles. The summed E-state index contributed by atoms with van der Waals surface area (Å²) in [5, 5.41) is 0.701. The molecular formula is C21H19FN2OS. The first kappa shape index (κ1) is 16.9. The number of nitrogens with zero attached hydrogens (tertiary/aromatic N) is 2. The Hall–Kier alpha value is -2.53. The number of thiazole rings is 1. The maximum atomic E-state index is 14.0. The molecule has 0 saturated carbocycles. The van der Waals surface area contributed by atoms with E-state index < -0.39 is 0 Å². The summed E-state index contributed by atoms with van der Waals surface area (Å²) in [7, 11) is 0. The molecule has 0 unspecified atom stereocenters. The predicted octanol–water partition coefficient (Wildman–Crippen LogP) is 4.47. The van der Waals surface area contributed by atoms with E-state index in [0.29, 0.717) is 30.1 Å². The fraction of sp³-hybridized carbons (Fsp3) is 0.238. The summed E-state index contributed by atoms with van der Waals surface area (Å²) in [6.45, 7) is 1.26. The van der Waals surface area contributed by atoms with E-state index in [1.807, 2.05) is 41.3 Å². The fourth-order valence-electron chi connectivity index (χ4n) is 3.21. The molecule has 26 heavy (non-hydrogen) atoms. The molecule has 0 radical (unpaired) electrons. The number of halogens is 1. The van der Waals surface area contributed by atoms with E-state index in [0.717, 1.165) is 23.4 Å². The van der Waals surface area contributed by atoms with E-state index in [-0.39, 0.29) is 11.7 Å². The van der Waals surface area contributed by atoms with Gasteiger partial charge in [0.15, 0.2) is 0 Å². The molecule has 1 aromatic heterocycles. The summed E-state index contributed by atoms with van der Waals surface area (Å²) in [5.74, 6) is -0.0882.